The van der Waals surface area contributed by atoms with Gasteiger partial charge >= 0.3 is 6.03 Å². The summed E-state index contributed by atoms with van der Waals surface area (Å²) in [5, 5.41) is 10.3. The number of amides is 2. The SMILES string of the molecule is O=C(Nc1nn(Cc2c(F)cccc2Cl)cc1Br)NC1CCCCC1. The van der Waals surface area contributed by atoms with Crippen LogP contribution in [0.5, 0.6) is 0 Å². The van der Waals surface area contributed by atoms with Gasteiger partial charge in [0.1, 0.15) is 5.82 Å². The maximum absolute atomic E-state index is 13.9. The molecule has 134 valence electrons. The number of halogens is 3. The number of rotatable bonds is 4. The molecule has 0 spiro atoms. The summed E-state index contributed by atoms with van der Waals surface area (Å²) in [6, 6.07) is 4.49. The first kappa shape index (κ1) is 18.2. The fraction of sp³-hybridized carbons (Fsp3) is 0.412. The molecular weight excluding hydrogens is 411 g/mol. The minimum absolute atomic E-state index is 0.177. The lowest BCUT2D eigenvalue weighted by Gasteiger charge is -2.22. The zero-order valence-electron chi connectivity index (χ0n) is 13.6. The Morgan fingerprint density at radius 2 is 2.12 bits per heavy atom. The fourth-order valence-electron chi connectivity index (χ4n) is 2.98. The van der Waals surface area contributed by atoms with Crippen LogP contribution in [0.4, 0.5) is 15.0 Å². The summed E-state index contributed by atoms with van der Waals surface area (Å²) in [4.78, 5) is 12.1. The van der Waals surface area contributed by atoms with Crippen molar-refractivity contribution in [2.45, 2.75) is 44.7 Å². The van der Waals surface area contributed by atoms with Crippen LogP contribution in [0.15, 0.2) is 28.9 Å². The molecule has 0 saturated heterocycles. The molecule has 2 amide bonds. The van der Waals surface area contributed by atoms with E-state index in [0.717, 1.165) is 25.7 Å². The normalized spacial score (nSPS) is 15.2. The van der Waals surface area contributed by atoms with Gasteiger partial charge in [-0.1, -0.05) is 36.9 Å². The highest BCUT2D eigenvalue weighted by atomic mass is 79.9. The number of hydrogen-bond acceptors (Lipinski definition) is 2. The Bertz CT molecular complexity index is 741. The predicted octanol–water partition coefficient (Wildman–Crippen LogP) is 4.94. The molecule has 5 nitrogen and oxygen atoms in total. The van der Waals surface area contributed by atoms with Gasteiger partial charge < -0.3 is 5.32 Å². The first-order valence-corrected chi connectivity index (χ1v) is 9.43. The summed E-state index contributed by atoms with van der Waals surface area (Å²) in [5.41, 5.74) is 0.359. The smallest absolute Gasteiger partial charge is 0.320 e. The van der Waals surface area contributed by atoms with Crippen molar-refractivity contribution >= 4 is 39.4 Å². The van der Waals surface area contributed by atoms with E-state index in [-0.39, 0.29) is 24.4 Å². The third-order valence-corrected chi connectivity index (χ3v) is 5.21. The molecule has 3 rings (SSSR count). The van der Waals surface area contributed by atoms with Crippen LogP contribution in [-0.4, -0.2) is 21.9 Å². The Balaban J connectivity index is 1.64. The van der Waals surface area contributed by atoms with Gasteiger partial charge in [-0.15, -0.1) is 0 Å². The van der Waals surface area contributed by atoms with E-state index in [1.807, 2.05) is 0 Å². The molecule has 8 heteroatoms. The molecule has 1 aliphatic rings. The van der Waals surface area contributed by atoms with E-state index >= 15 is 0 Å². The van der Waals surface area contributed by atoms with Crippen molar-refractivity contribution in [3.8, 4) is 0 Å². The quantitative estimate of drug-likeness (QED) is 0.723. The zero-order chi connectivity index (χ0) is 17.8. The number of nitrogens with zero attached hydrogens (tertiary/aromatic N) is 2. The second-order valence-electron chi connectivity index (χ2n) is 6.16. The topological polar surface area (TPSA) is 59.0 Å². The van der Waals surface area contributed by atoms with E-state index < -0.39 is 0 Å². The maximum atomic E-state index is 13.9. The van der Waals surface area contributed by atoms with Crippen molar-refractivity contribution in [1.29, 1.82) is 0 Å². The number of benzene rings is 1. The van der Waals surface area contributed by atoms with Crippen molar-refractivity contribution in [2.75, 3.05) is 5.32 Å². The monoisotopic (exact) mass is 428 g/mol. The molecule has 1 aromatic heterocycles. The van der Waals surface area contributed by atoms with Crippen molar-refractivity contribution < 1.29 is 9.18 Å². The molecule has 1 fully saturated rings. The van der Waals surface area contributed by atoms with Crippen molar-refractivity contribution in [3.63, 3.8) is 0 Å². The molecule has 0 aliphatic heterocycles. The van der Waals surface area contributed by atoms with Crippen LogP contribution in [0.2, 0.25) is 5.02 Å². The van der Waals surface area contributed by atoms with Gasteiger partial charge in [-0.2, -0.15) is 5.10 Å². The summed E-state index contributed by atoms with van der Waals surface area (Å²) in [5.74, 6) is 0.00412. The summed E-state index contributed by atoms with van der Waals surface area (Å²) in [6.07, 6.45) is 7.22. The van der Waals surface area contributed by atoms with Crippen LogP contribution in [0.25, 0.3) is 0 Å². The molecule has 1 aliphatic carbocycles. The van der Waals surface area contributed by atoms with Gasteiger partial charge in [0.25, 0.3) is 0 Å². The molecule has 0 bridgehead atoms. The van der Waals surface area contributed by atoms with E-state index in [0.29, 0.717) is 20.9 Å². The maximum Gasteiger partial charge on any atom is 0.320 e. The van der Waals surface area contributed by atoms with Crippen LogP contribution in [0, 0.1) is 5.82 Å². The summed E-state index contributed by atoms with van der Waals surface area (Å²) in [6.45, 7) is 0.177. The van der Waals surface area contributed by atoms with E-state index in [1.165, 1.54) is 17.2 Å². The third-order valence-electron chi connectivity index (χ3n) is 4.27. The lowest BCUT2D eigenvalue weighted by atomic mass is 9.96. The molecule has 2 aromatic rings. The van der Waals surface area contributed by atoms with Crippen molar-refractivity contribution in [3.05, 3.63) is 45.3 Å². The predicted molar refractivity (Wildman–Crippen MR) is 99.5 cm³/mol. The highest BCUT2D eigenvalue weighted by Gasteiger charge is 2.17. The number of hydrogen-bond donors (Lipinski definition) is 2. The molecule has 1 heterocycles. The third kappa shape index (κ3) is 4.73. The van der Waals surface area contributed by atoms with Crippen LogP contribution in [0.3, 0.4) is 0 Å². The number of carbonyl (C=O) groups is 1. The van der Waals surface area contributed by atoms with Gasteiger partial charge in [-0.05, 0) is 40.9 Å². The van der Waals surface area contributed by atoms with E-state index in [9.17, 15) is 9.18 Å². The molecule has 1 saturated carbocycles. The first-order chi connectivity index (χ1) is 12.0. The molecule has 25 heavy (non-hydrogen) atoms. The second-order valence-corrected chi connectivity index (χ2v) is 7.42. The lowest BCUT2D eigenvalue weighted by Crippen LogP contribution is -2.39. The number of carbonyl (C=O) groups excluding carboxylic acids is 1. The van der Waals surface area contributed by atoms with Gasteiger partial charge in [-0.3, -0.25) is 10.00 Å². The number of anilines is 1. The number of urea groups is 1. The minimum Gasteiger partial charge on any atom is -0.335 e. The first-order valence-electron chi connectivity index (χ1n) is 8.26. The number of aromatic nitrogens is 2. The Morgan fingerprint density at radius 3 is 2.84 bits per heavy atom. The van der Waals surface area contributed by atoms with Crippen molar-refractivity contribution in [2.24, 2.45) is 0 Å². The van der Waals surface area contributed by atoms with Gasteiger partial charge in [0.15, 0.2) is 5.82 Å². The fourth-order valence-corrected chi connectivity index (χ4v) is 3.62. The standard InChI is InChI=1S/C17H19BrClFN4O/c18-13-10-24(9-12-14(19)7-4-8-15(12)20)23-16(13)22-17(25)21-11-5-2-1-3-6-11/h4,7-8,10-11H,1-3,5-6,9H2,(H2,21,22,23,25). The summed E-state index contributed by atoms with van der Waals surface area (Å²) >= 11 is 9.41. The van der Waals surface area contributed by atoms with E-state index in [1.54, 1.807) is 18.3 Å². The largest absolute Gasteiger partial charge is 0.335 e. The lowest BCUT2D eigenvalue weighted by molar-refractivity contribution is 0.244. The van der Waals surface area contributed by atoms with E-state index in [4.69, 9.17) is 11.6 Å². The van der Waals surface area contributed by atoms with Gasteiger partial charge in [-0.25, -0.2) is 9.18 Å². The molecule has 0 radical (unpaired) electrons. The average Bonchev–Trinajstić information content (AvgIpc) is 2.91. The summed E-state index contributed by atoms with van der Waals surface area (Å²) < 4.78 is 16.1. The molecule has 0 unspecified atom stereocenters. The molecular formula is C17H19BrClFN4O. The Morgan fingerprint density at radius 1 is 1.36 bits per heavy atom. The zero-order valence-corrected chi connectivity index (χ0v) is 15.9. The Hall–Kier alpha value is -1.60. The van der Waals surface area contributed by atoms with Gasteiger partial charge in [0.05, 0.1) is 11.0 Å². The highest BCUT2D eigenvalue weighted by molar-refractivity contribution is 9.10. The molecule has 0 atom stereocenters. The summed E-state index contributed by atoms with van der Waals surface area (Å²) in [7, 11) is 0. The minimum atomic E-state index is -0.385. The van der Waals surface area contributed by atoms with Crippen LogP contribution < -0.4 is 10.6 Å². The van der Waals surface area contributed by atoms with Crippen molar-refractivity contribution in [1.82, 2.24) is 15.1 Å². The van der Waals surface area contributed by atoms with Gasteiger partial charge in [0.2, 0.25) is 0 Å². The van der Waals surface area contributed by atoms with Crippen LogP contribution >= 0.6 is 27.5 Å². The number of nitrogens with one attached hydrogen (secondary N) is 2. The van der Waals surface area contributed by atoms with Crippen LogP contribution in [-0.2, 0) is 6.54 Å². The van der Waals surface area contributed by atoms with Crippen LogP contribution in [0.1, 0.15) is 37.7 Å². The average molecular weight is 430 g/mol. The highest BCUT2D eigenvalue weighted by Crippen LogP contribution is 2.24. The Labute approximate surface area is 159 Å². The molecule has 1 aromatic carbocycles. The second kappa shape index (κ2) is 8.19. The van der Waals surface area contributed by atoms with E-state index in [2.05, 4.69) is 31.7 Å². The van der Waals surface area contributed by atoms with Gasteiger partial charge in [0, 0.05) is 22.8 Å². The molecule has 2 N–H and O–H groups in total. The Kier molecular flexibility index (Phi) is 5.96.